The number of rotatable bonds is 1. The molecule has 0 aromatic rings. The number of alkyl halides is 1. The number of hydrogen-bond donors (Lipinski definition) is 1. The summed E-state index contributed by atoms with van der Waals surface area (Å²) in [6.45, 7) is 4.75. The van der Waals surface area contributed by atoms with E-state index in [0.717, 1.165) is 38.0 Å². The van der Waals surface area contributed by atoms with Gasteiger partial charge in [0.15, 0.2) is 5.78 Å². The van der Waals surface area contributed by atoms with Crippen LogP contribution in [0.1, 0.15) is 58.8 Å². The van der Waals surface area contributed by atoms with Crippen LogP contribution in [-0.4, -0.2) is 22.4 Å². The minimum Gasteiger partial charge on any atom is -0.388 e. The predicted octanol–water partition coefficient (Wildman–Crippen LogP) is 4.34. The van der Waals surface area contributed by atoms with Crippen molar-refractivity contribution in [3.8, 4) is 0 Å². The van der Waals surface area contributed by atoms with Crippen LogP contribution in [0, 0.1) is 40.4 Å². The van der Waals surface area contributed by atoms with Crippen molar-refractivity contribution in [3.05, 3.63) is 11.6 Å². The first kappa shape index (κ1) is 15.9. The van der Waals surface area contributed by atoms with Crippen LogP contribution in [-0.2, 0) is 4.79 Å². The fourth-order valence-corrected chi connectivity index (χ4v) is 8.66. The number of halogens is 1. The highest BCUT2D eigenvalue weighted by molar-refractivity contribution is 6.18. The first-order chi connectivity index (χ1) is 11.4. The maximum absolute atomic E-state index is 11.9. The fraction of sp³-hybridized carbons (Fsp3) is 0.857. The zero-order valence-electron chi connectivity index (χ0n) is 14.9. The molecule has 0 aromatic heterocycles. The lowest BCUT2D eigenvalue weighted by atomic mass is 9.46. The van der Waals surface area contributed by atoms with E-state index in [4.69, 9.17) is 11.6 Å². The monoisotopic (exact) mass is 348 g/mol. The maximum atomic E-state index is 11.9. The van der Waals surface area contributed by atoms with Crippen molar-refractivity contribution >= 4 is 17.4 Å². The molecular weight excluding hydrogens is 320 g/mol. The lowest BCUT2D eigenvalue weighted by Crippen LogP contribution is -2.58. The summed E-state index contributed by atoms with van der Waals surface area (Å²) in [4.78, 5) is 11.9. The zero-order valence-corrected chi connectivity index (χ0v) is 15.6. The summed E-state index contributed by atoms with van der Waals surface area (Å²) in [6, 6.07) is 0. The Balaban J connectivity index is 1.57. The molecule has 4 saturated carbocycles. The highest BCUT2D eigenvalue weighted by atomic mass is 35.5. The molecule has 1 spiro atoms. The van der Waals surface area contributed by atoms with Crippen LogP contribution >= 0.6 is 11.6 Å². The zero-order chi connectivity index (χ0) is 16.9. The van der Waals surface area contributed by atoms with Crippen molar-refractivity contribution in [3.63, 3.8) is 0 Å². The molecule has 4 fully saturated rings. The highest BCUT2D eigenvalue weighted by Crippen LogP contribution is 2.84. The number of allylic oxidation sites excluding steroid dienone is 1. The van der Waals surface area contributed by atoms with Crippen LogP contribution in [0.25, 0.3) is 0 Å². The van der Waals surface area contributed by atoms with E-state index >= 15 is 0 Å². The number of fused-ring (bicyclic) bond motifs is 3. The molecule has 0 saturated heterocycles. The molecule has 0 aromatic carbocycles. The van der Waals surface area contributed by atoms with Crippen molar-refractivity contribution in [2.24, 2.45) is 40.4 Å². The van der Waals surface area contributed by atoms with Crippen LogP contribution in [0.3, 0.4) is 0 Å². The largest absolute Gasteiger partial charge is 0.388 e. The Hall–Kier alpha value is -0.340. The van der Waals surface area contributed by atoms with Crippen LogP contribution in [0.4, 0.5) is 0 Å². The molecule has 0 heterocycles. The SMILES string of the molecule is C[C@@H]1CC2=CC(=O)CC[C@@H]2[C@H]2CC[C@]3(C)[C@](O)(CCl)C[C@H]4C[C@]43[C@@H]21. The Labute approximate surface area is 150 Å². The molecule has 3 heteroatoms. The Morgan fingerprint density at radius 2 is 2.12 bits per heavy atom. The topological polar surface area (TPSA) is 37.3 Å². The second kappa shape index (κ2) is 4.68. The number of carbonyl (C=O) groups excluding carboxylic acids is 1. The third-order valence-corrected chi connectivity index (χ3v) is 9.70. The summed E-state index contributed by atoms with van der Waals surface area (Å²) in [7, 11) is 0. The number of hydrogen-bond acceptors (Lipinski definition) is 2. The van der Waals surface area contributed by atoms with E-state index in [1.165, 1.54) is 18.4 Å². The van der Waals surface area contributed by atoms with Crippen molar-refractivity contribution in [2.75, 3.05) is 5.88 Å². The summed E-state index contributed by atoms with van der Waals surface area (Å²) in [6.07, 6.45) is 9.42. The van der Waals surface area contributed by atoms with E-state index in [2.05, 4.69) is 13.8 Å². The molecule has 5 rings (SSSR count). The van der Waals surface area contributed by atoms with Crippen molar-refractivity contribution < 1.29 is 9.90 Å². The summed E-state index contributed by atoms with van der Waals surface area (Å²) in [5.41, 5.74) is 1.10. The standard InChI is InChI=1S/C21H29ClO2/c1-12-7-13-8-15(23)3-4-16(13)17-5-6-19(2)20(24,11-22)9-14-10-21(14,19)18(12)17/h8,12,14,16-18,24H,3-7,9-11H2,1-2H3/t12-,14+,16+,17-,18-,19-,20-,21-/m1/s1. The van der Waals surface area contributed by atoms with E-state index in [1.54, 1.807) is 0 Å². The van der Waals surface area contributed by atoms with E-state index in [0.29, 0.717) is 40.7 Å². The molecule has 0 amide bonds. The van der Waals surface area contributed by atoms with E-state index in [1.807, 2.05) is 6.08 Å². The lowest BCUT2D eigenvalue weighted by Gasteiger charge is -2.59. The van der Waals surface area contributed by atoms with Gasteiger partial charge in [-0.25, -0.2) is 0 Å². The molecule has 0 unspecified atom stereocenters. The third-order valence-electron chi connectivity index (χ3n) is 9.26. The Morgan fingerprint density at radius 1 is 1.33 bits per heavy atom. The minimum atomic E-state index is -0.666. The molecule has 132 valence electrons. The first-order valence-electron chi connectivity index (χ1n) is 9.88. The van der Waals surface area contributed by atoms with Crippen molar-refractivity contribution in [1.82, 2.24) is 0 Å². The number of aliphatic hydroxyl groups is 1. The molecular formula is C21H29ClO2. The molecule has 0 aliphatic heterocycles. The Kier molecular flexibility index (Phi) is 3.10. The number of carbonyl (C=O) groups is 1. The summed E-state index contributed by atoms with van der Waals surface area (Å²) < 4.78 is 0. The van der Waals surface area contributed by atoms with Gasteiger partial charge in [-0.2, -0.15) is 0 Å². The van der Waals surface area contributed by atoms with E-state index in [-0.39, 0.29) is 5.41 Å². The van der Waals surface area contributed by atoms with Gasteiger partial charge in [0, 0.05) is 11.8 Å². The smallest absolute Gasteiger partial charge is 0.155 e. The minimum absolute atomic E-state index is 0.00640. The van der Waals surface area contributed by atoms with Gasteiger partial charge in [-0.1, -0.05) is 19.4 Å². The molecule has 5 aliphatic carbocycles. The molecule has 0 radical (unpaired) electrons. The van der Waals surface area contributed by atoms with Crippen molar-refractivity contribution in [2.45, 2.75) is 64.4 Å². The Bertz CT molecular complexity index is 642. The van der Waals surface area contributed by atoms with Gasteiger partial charge in [0.2, 0.25) is 0 Å². The van der Waals surface area contributed by atoms with Crippen LogP contribution in [0.5, 0.6) is 0 Å². The highest BCUT2D eigenvalue weighted by Gasteiger charge is 2.81. The maximum Gasteiger partial charge on any atom is 0.155 e. The quantitative estimate of drug-likeness (QED) is 0.715. The summed E-state index contributed by atoms with van der Waals surface area (Å²) in [5.74, 6) is 4.11. The second-order valence-corrected chi connectivity index (χ2v) is 10.2. The first-order valence-corrected chi connectivity index (χ1v) is 10.4. The van der Waals surface area contributed by atoms with Gasteiger partial charge in [0.1, 0.15) is 0 Å². The van der Waals surface area contributed by atoms with E-state index < -0.39 is 5.60 Å². The fourth-order valence-electron chi connectivity index (χ4n) is 8.25. The van der Waals surface area contributed by atoms with Crippen LogP contribution < -0.4 is 0 Å². The van der Waals surface area contributed by atoms with Gasteiger partial charge >= 0.3 is 0 Å². The second-order valence-electron chi connectivity index (χ2n) is 9.88. The average Bonchev–Trinajstić information content (AvgIpc) is 3.19. The van der Waals surface area contributed by atoms with Gasteiger partial charge in [-0.3, -0.25) is 4.79 Å². The average molecular weight is 349 g/mol. The predicted molar refractivity (Wildman–Crippen MR) is 94.7 cm³/mol. The normalized spacial score (nSPS) is 58.2. The third kappa shape index (κ3) is 1.62. The molecule has 24 heavy (non-hydrogen) atoms. The number of ketones is 1. The molecule has 0 bridgehead atoms. The molecule has 1 N–H and O–H groups in total. The summed E-state index contributed by atoms with van der Waals surface area (Å²) >= 11 is 6.28. The van der Waals surface area contributed by atoms with Gasteiger partial charge < -0.3 is 5.11 Å². The van der Waals surface area contributed by atoms with Crippen molar-refractivity contribution in [1.29, 1.82) is 0 Å². The molecule has 2 nitrogen and oxygen atoms in total. The van der Waals surface area contributed by atoms with Gasteiger partial charge in [-0.15, -0.1) is 11.6 Å². The van der Waals surface area contributed by atoms with Gasteiger partial charge in [0.05, 0.1) is 11.5 Å². The van der Waals surface area contributed by atoms with Crippen LogP contribution in [0.15, 0.2) is 11.6 Å². The van der Waals surface area contributed by atoms with E-state index in [9.17, 15) is 9.90 Å². The van der Waals surface area contributed by atoms with Gasteiger partial charge in [-0.05, 0) is 79.6 Å². The Morgan fingerprint density at radius 3 is 2.88 bits per heavy atom. The summed E-state index contributed by atoms with van der Waals surface area (Å²) in [5, 5.41) is 11.3. The molecule has 5 aliphatic rings. The lowest BCUT2D eigenvalue weighted by molar-refractivity contribution is -0.143. The van der Waals surface area contributed by atoms with Crippen LogP contribution in [0.2, 0.25) is 0 Å². The molecule has 8 atom stereocenters. The van der Waals surface area contributed by atoms with Gasteiger partial charge in [0.25, 0.3) is 0 Å².